The molecule has 0 spiro atoms. The molecule has 0 radical (unpaired) electrons. The molecule has 1 aromatic heterocycles. The molecule has 3 aromatic carbocycles. The van der Waals surface area contributed by atoms with Crippen molar-refractivity contribution in [3.8, 4) is 28.5 Å². The van der Waals surface area contributed by atoms with Crippen LogP contribution < -0.4 is 19.5 Å². The highest BCUT2D eigenvalue weighted by Gasteiger charge is 2.21. The van der Waals surface area contributed by atoms with Crippen molar-refractivity contribution in [1.29, 1.82) is 0 Å². The molecule has 8 heteroatoms. The summed E-state index contributed by atoms with van der Waals surface area (Å²) in [6.07, 6.45) is 7.26. The maximum Gasteiger partial charge on any atom is 0.156 e. The Hall–Kier alpha value is -3.88. The van der Waals surface area contributed by atoms with Crippen LogP contribution in [-0.2, 0) is 6.54 Å². The Labute approximate surface area is 261 Å². The minimum absolute atomic E-state index is 0.336. The van der Waals surface area contributed by atoms with Gasteiger partial charge in [-0.2, -0.15) is 0 Å². The summed E-state index contributed by atoms with van der Waals surface area (Å²) in [6.45, 7) is 7.46. The number of aromatic nitrogens is 2. The maximum atomic E-state index is 6.03. The highest BCUT2D eigenvalue weighted by molar-refractivity contribution is 6.00. The van der Waals surface area contributed by atoms with E-state index in [0.717, 1.165) is 97.1 Å². The van der Waals surface area contributed by atoms with E-state index in [2.05, 4.69) is 61.7 Å². The first-order chi connectivity index (χ1) is 21.7. The molecule has 2 saturated heterocycles. The average Bonchev–Trinajstić information content (AvgIpc) is 3.09. The van der Waals surface area contributed by atoms with Gasteiger partial charge in [-0.25, -0.2) is 0 Å². The number of fused-ring (bicyclic) bond motifs is 1. The molecular formula is C36H45N5O3. The molecule has 0 saturated carbocycles. The van der Waals surface area contributed by atoms with Crippen molar-refractivity contribution in [2.75, 3.05) is 58.9 Å². The highest BCUT2D eigenvalue weighted by atomic mass is 16.5. The number of nitrogens with one attached hydrogen (secondary N) is 1. The summed E-state index contributed by atoms with van der Waals surface area (Å²) in [5, 5.41) is 15.1. The summed E-state index contributed by atoms with van der Waals surface area (Å²) in [5.41, 5.74) is 3.18. The van der Waals surface area contributed by atoms with Gasteiger partial charge >= 0.3 is 0 Å². The van der Waals surface area contributed by atoms with Gasteiger partial charge in [0.15, 0.2) is 5.82 Å². The summed E-state index contributed by atoms with van der Waals surface area (Å²) < 4.78 is 16.9. The van der Waals surface area contributed by atoms with E-state index in [1.807, 2.05) is 30.3 Å². The Balaban J connectivity index is 1.02. The number of methoxy groups -OCH3 is 2. The van der Waals surface area contributed by atoms with E-state index in [-0.39, 0.29) is 0 Å². The van der Waals surface area contributed by atoms with Gasteiger partial charge in [-0.05, 0) is 105 Å². The number of piperidine rings is 2. The smallest absolute Gasteiger partial charge is 0.156 e. The number of likely N-dealkylation sites (tertiary alicyclic amines) is 2. The lowest BCUT2D eigenvalue weighted by Crippen LogP contribution is -2.38. The quantitative estimate of drug-likeness (QED) is 0.183. The largest absolute Gasteiger partial charge is 0.497 e. The Bertz CT molecular complexity index is 1480. The van der Waals surface area contributed by atoms with Crippen LogP contribution in [0.5, 0.6) is 17.2 Å². The number of benzene rings is 3. The third kappa shape index (κ3) is 7.60. The minimum Gasteiger partial charge on any atom is -0.497 e. The second-order valence-electron chi connectivity index (χ2n) is 12.0. The number of nitrogens with zero attached hydrogens (tertiary/aromatic N) is 4. The van der Waals surface area contributed by atoms with Crippen LogP contribution >= 0.6 is 0 Å². The number of rotatable bonds is 12. The minimum atomic E-state index is 0.336. The molecule has 1 N–H and O–H groups in total. The van der Waals surface area contributed by atoms with Crippen LogP contribution in [0.2, 0.25) is 0 Å². The zero-order chi connectivity index (χ0) is 30.1. The van der Waals surface area contributed by atoms with Crippen molar-refractivity contribution in [2.24, 2.45) is 0 Å². The number of hydrogen-bond acceptors (Lipinski definition) is 8. The molecule has 3 heterocycles. The zero-order valence-electron chi connectivity index (χ0n) is 26.1. The van der Waals surface area contributed by atoms with Crippen molar-refractivity contribution in [3.63, 3.8) is 0 Å². The molecule has 6 rings (SSSR count). The molecule has 232 valence electrons. The zero-order valence-corrected chi connectivity index (χ0v) is 26.1. The van der Waals surface area contributed by atoms with Crippen LogP contribution in [-0.4, -0.2) is 79.6 Å². The van der Waals surface area contributed by atoms with Gasteiger partial charge in [0.2, 0.25) is 0 Å². The van der Waals surface area contributed by atoms with Crippen molar-refractivity contribution < 1.29 is 14.2 Å². The van der Waals surface area contributed by atoms with Gasteiger partial charge in [0.05, 0.1) is 20.8 Å². The van der Waals surface area contributed by atoms with E-state index in [9.17, 15) is 0 Å². The lowest BCUT2D eigenvalue weighted by atomic mass is 10.0. The first-order valence-electron chi connectivity index (χ1n) is 16.1. The van der Waals surface area contributed by atoms with Crippen LogP contribution in [0.4, 0.5) is 5.82 Å². The Kier molecular flexibility index (Phi) is 10.1. The fraction of sp³-hybridized carbons (Fsp3) is 0.444. The summed E-state index contributed by atoms with van der Waals surface area (Å²) in [7, 11) is 3.37. The lowest BCUT2D eigenvalue weighted by Gasteiger charge is -2.32. The standard InChI is InChI=1S/C36H45N5O3/c1-42-30-13-9-28(10-14-30)35-33-16-15-32(43-2)25-34(33)36(39-38-35)37-29-17-22-41(23-18-29)26-27-7-11-31(12-8-27)44-24-6-21-40-19-4-3-5-20-40/h7-16,25,29H,3-6,17-24,26H2,1-2H3,(H,37,39). The van der Waals surface area contributed by atoms with Crippen LogP contribution in [0.25, 0.3) is 22.0 Å². The van der Waals surface area contributed by atoms with Gasteiger partial charge in [-0.3, -0.25) is 4.90 Å². The molecule has 0 aliphatic carbocycles. The predicted molar refractivity (Wildman–Crippen MR) is 177 cm³/mol. The van der Waals surface area contributed by atoms with Crippen molar-refractivity contribution in [1.82, 2.24) is 20.0 Å². The number of hydrogen-bond donors (Lipinski definition) is 1. The summed E-state index contributed by atoms with van der Waals surface area (Å²) in [4.78, 5) is 5.10. The Morgan fingerprint density at radius 1 is 0.727 bits per heavy atom. The van der Waals surface area contributed by atoms with E-state index >= 15 is 0 Å². The molecule has 0 unspecified atom stereocenters. The third-order valence-electron chi connectivity index (χ3n) is 8.94. The second-order valence-corrected chi connectivity index (χ2v) is 12.0. The molecular weight excluding hydrogens is 550 g/mol. The number of ether oxygens (including phenoxy) is 3. The van der Waals surface area contributed by atoms with E-state index < -0.39 is 0 Å². The highest BCUT2D eigenvalue weighted by Crippen LogP contribution is 2.34. The fourth-order valence-corrected chi connectivity index (χ4v) is 6.37. The fourth-order valence-electron chi connectivity index (χ4n) is 6.37. The molecule has 0 bridgehead atoms. The van der Waals surface area contributed by atoms with Crippen LogP contribution in [0.3, 0.4) is 0 Å². The molecule has 0 amide bonds. The second kappa shape index (κ2) is 14.7. The summed E-state index contributed by atoms with van der Waals surface area (Å²) in [6, 6.07) is 23.1. The molecule has 2 fully saturated rings. The van der Waals surface area contributed by atoms with Gasteiger partial charge in [0.1, 0.15) is 22.9 Å². The van der Waals surface area contributed by atoms with E-state index in [4.69, 9.17) is 14.2 Å². The number of anilines is 1. The summed E-state index contributed by atoms with van der Waals surface area (Å²) in [5.74, 6) is 3.40. The first-order valence-corrected chi connectivity index (χ1v) is 16.1. The SMILES string of the molecule is COc1ccc(-c2nnc(NC3CCN(Cc4ccc(OCCCN5CCCCC5)cc4)CC3)c3cc(OC)ccc23)cc1. The van der Waals surface area contributed by atoms with Crippen LogP contribution in [0.15, 0.2) is 66.7 Å². The monoisotopic (exact) mass is 595 g/mol. The van der Waals surface area contributed by atoms with E-state index in [1.165, 1.54) is 37.9 Å². The topological polar surface area (TPSA) is 72.0 Å². The molecule has 44 heavy (non-hydrogen) atoms. The van der Waals surface area contributed by atoms with Gasteiger partial charge in [-0.1, -0.05) is 18.6 Å². The molecule has 2 aliphatic heterocycles. The van der Waals surface area contributed by atoms with Crippen LogP contribution in [0.1, 0.15) is 44.1 Å². The van der Waals surface area contributed by atoms with Gasteiger partial charge < -0.3 is 24.4 Å². The van der Waals surface area contributed by atoms with Gasteiger partial charge in [0.25, 0.3) is 0 Å². The molecule has 0 atom stereocenters. The predicted octanol–water partition coefficient (Wildman–Crippen LogP) is 6.65. The van der Waals surface area contributed by atoms with Gasteiger partial charge in [-0.15, -0.1) is 10.2 Å². The van der Waals surface area contributed by atoms with Gasteiger partial charge in [0, 0.05) is 48.6 Å². The Morgan fingerprint density at radius 3 is 2.16 bits per heavy atom. The Morgan fingerprint density at radius 2 is 1.43 bits per heavy atom. The molecule has 8 nitrogen and oxygen atoms in total. The van der Waals surface area contributed by atoms with Crippen molar-refractivity contribution in [3.05, 3.63) is 72.3 Å². The van der Waals surface area contributed by atoms with E-state index in [0.29, 0.717) is 6.04 Å². The molecule has 4 aromatic rings. The lowest BCUT2D eigenvalue weighted by molar-refractivity contribution is 0.204. The molecule has 2 aliphatic rings. The summed E-state index contributed by atoms with van der Waals surface area (Å²) >= 11 is 0. The maximum absolute atomic E-state index is 6.03. The van der Waals surface area contributed by atoms with Crippen molar-refractivity contribution in [2.45, 2.75) is 51.1 Å². The first kappa shape index (κ1) is 30.2. The van der Waals surface area contributed by atoms with E-state index in [1.54, 1.807) is 14.2 Å². The third-order valence-corrected chi connectivity index (χ3v) is 8.94. The normalized spacial score (nSPS) is 16.6. The van der Waals surface area contributed by atoms with Crippen molar-refractivity contribution >= 4 is 16.6 Å². The van der Waals surface area contributed by atoms with Crippen LogP contribution in [0, 0.1) is 0 Å². The average molecular weight is 596 g/mol.